The second-order valence-electron chi connectivity index (χ2n) is 4.69. The number of nitrogens with zero attached hydrogens (tertiary/aromatic N) is 1. The first-order valence-corrected chi connectivity index (χ1v) is 7.83. The van der Waals surface area contributed by atoms with Crippen molar-refractivity contribution in [1.29, 1.82) is 5.26 Å². The molecule has 0 saturated carbocycles. The number of hydrogen-bond donors (Lipinski definition) is 2. The van der Waals surface area contributed by atoms with E-state index in [9.17, 15) is 8.42 Å². The zero-order valence-corrected chi connectivity index (χ0v) is 13.3. The number of benzene rings is 1. The highest BCUT2D eigenvalue weighted by molar-refractivity contribution is 7.89. The van der Waals surface area contributed by atoms with Crippen molar-refractivity contribution >= 4 is 22.4 Å². The highest BCUT2D eigenvalue weighted by atomic mass is 35.5. The maximum Gasteiger partial charge on any atom is 0.244 e. The zero-order chi connectivity index (χ0) is 14.6. The molecule has 0 amide bonds. The van der Waals surface area contributed by atoms with Gasteiger partial charge in [-0.25, -0.2) is 13.1 Å². The number of methoxy groups -OCH3 is 1. The molecular weight excluding hydrogens is 314 g/mol. The second kappa shape index (κ2) is 7.61. The Bertz CT molecular complexity index is 622. The van der Waals surface area contributed by atoms with Crippen molar-refractivity contribution in [1.82, 2.24) is 10.0 Å². The molecule has 0 radical (unpaired) electrons. The quantitative estimate of drug-likeness (QED) is 0.835. The largest absolute Gasteiger partial charge is 0.495 e. The van der Waals surface area contributed by atoms with E-state index in [0.717, 1.165) is 19.5 Å². The van der Waals surface area contributed by atoms with E-state index >= 15 is 0 Å². The van der Waals surface area contributed by atoms with Gasteiger partial charge < -0.3 is 10.1 Å². The van der Waals surface area contributed by atoms with Crippen LogP contribution >= 0.6 is 12.4 Å². The van der Waals surface area contributed by atoms with E-state index in [2.05, 4.69) is 10.0 Å². The number of rotatable bonds is 5. The lowest BCUT2D eigenvalue weighted by atomic mass is 10.1. The molecule has 0 spiro atoms. The Hall–Kier alpha value is -1.33. The second-order valence-corrected chi connectivity index (χ2v) is 6.42. The molecule has 8 heteroatoms. The smallest absolute Gasteiger partial charge is 0.244 e. The first-order chi connectivity index (χ1) is 9.56. The molecule has 1 aromatic carbocycles. The van der Waals surface area contributed by atoms with E-state index < -0.39 is 10.0 Å². The Morgan fingerprint density at radius 1 is 1.52 bits per heavy atom. The Morgan fingerprint density at radius 2 is 2.29 bits per heavy atom. The van der Waals surface area contributed by atoms with Crippen LogP contribution in [0.3, 0.4) is 0 Å². The van der Waals surface area contributed by atoms with Crippen LogP contribution in [0.4, 0.5) is 0 Å². The minimum atomic E-state index is -3.63. The normalized spacial score (nSPS) is 17.8. The molecule has 1 heterocycles. The number of nitriles is 1. The molecule has 0 bridgehead atoms. The summed E-state index contributed by atoms with van der Waals surface area (Å²) in [6, 6.07) is 6.24. The zero-order valence-electron chi connectivity index (χ0n) is 11.6. The van der Waals surface area contributed by atoms with Crippen LogP contribution in [0.25, 0.3) is 0 Å². The number of ether oxygens (including phenoxy) is 1. The van der Waals surface area contributed by atoms with Gasteiger partial charge in [0.15, 0.2) is 0 Å². The molecule has 1 aromatic rings. The van der Waals surface area contributed by atoms with Crippen LogP contribution in [0, 0.1) is 17.2 Å². The molecule has 1 aliphatic rings. The minimum Gasteiger partial charge on any atom is -0.495 e. The highest BCUT2D eigenvalue weighted by Gasteiger charge is 2.22. The lowest BCUT2D eigenvalue weighted by Gasteiger charge is -2.13. The van der Waals surface area contributed by atoms with Crippen LogP contribution in [-0.2, 0) is 10.0 Å². The van der Waals surface area contributed by atoms with Crippen LogP contribution in [0.1, 0.15) is 12.0 Å². The fraction of sp³-hybridized carbons (Fsp3) is 0.462. The lowest BCUT2D eigenvalue weighted by molar-refractivity contribution is 0.402. The Kier molecular flexibility index (Phi) is 6.42. The van der Waals surface area contributed by atoms with Gasteiger partial charge in [0.2, 0.25) is 10.0 Å². The molecule has 6 nitrogen and oxygen atoms in total. The SMILES string of the molecule is COc1cc(C#N)ccc1S(=O)(=O)NCC1CCNC1.Cl. The predicted molar refractivity (Wildman–Crippen MR) is 81.1 cm³/mol. The molecule has 0 aromatic heterocycles. The molecule has 1 aliphatic heterocycles. The molecule has 2 N–H and O–H groups in total. The van der Waals surface area contributed by atoms with Crippen molar-refractivity contribution in [2.24, 2.45) is 5.92 Å². The first kappa shape index (κ1) is 17.7. The Labute approximate surface area is 130 Å². The third-order valence-corrected chi connectivity index (χ3v) is 4.77. The third kappa shape index (κ3) is 4.32. The average molecular weight is 332 g/mol. The number of hydrogen-bond acceptors (Lipinski definition) is 5. The van der Waals surface area contributed by atoms with E-state index in [-0.39, 0.29) is 23.1 Å². The standard InChI is InChI=1S/C13H17N3O3S.ClH/c1-19-12-6-10(7-14)2-3-13(12)20(17,18)16-9-11-4-5-15-8-11;/h2-3,6,11,15-16H,4-5,8-9H2,1H3;1H. The summed E-state index contributed by atoms with van der Waals surface area (Å²) in [4.78, 5) is 0.0601. The van der Waals surface area contributed by atoms with Gasteiger partial charge in [-0.2, -0.15) is 5.26 Å². The van der Waals surface area contributed by atoms with Gasteiger partial charge in [-0.05, 0) is 43.6 Å². The third-order valence-electron chi connectivity index (χ3n) is 3.31. The predicted octanol–water partition coefficient (Wildman–Crippen LogP) is 0.876. The van der Waals surface area contributed by atoms with Crippen molar-refractivity contribution in [3.63, 3.8) is 0 Å². The van der Waals surface area contributed by atoms with E-state index in [4.69, 9.17) is 10.00 Å². The molecule has 116 valence electrons. The summed E-state index contributed by atoms with van der Waals surface area (Å²) in [6.07, 6.45) is 0.965. The van der Waals surface area contributed by atoms with Gasteiger partial charge in [0.1, 0.15) is 10.6 Å². The molecule has 1 unspecified atom stereocenters. The van der Waals surface area contributed by atoms with Crippen molar-refractivity contribution in [3.05, 3.63) is 23.8 Å². The topological polar surface area (TPSA) is 91.2 Å². The van der Waals surface area contributed by atoms with Crippen molar-refractivity contribution in [2.75, 3.05) is 26.7 Å². The molecule has 1 atom stereocenters. The summed E-state index contributed by atoms with van der Waals surface area (Å²) < 4.78 is 32.2. The highest BCUT2D eigenvalue weighted by Crippen LogP contribution is 2.24. The van der Waals surface area contributed by atoms with Crippen molar-refractivity contribution in [3.8, 4) is 11.8 Å². The van der Waals surface area contributed by atoms with Gasteiger partial charge in [-0.15, -0.1) is 12.4 Å². The van der Waals surface area contributed by atoms with Gasteiger partial charge in [-0.1, -0.05) is 0 Å². The van der Waals surface area contributed by atoms with Gasteiger partial charge in [0, 0.05) is 6.54 Å². The molecular formula is C13H18ClN3O3S. The molecule has 2 rings (SSSR count). The van der Waals surface area contributed by atoms with Crippen LogP contribution < -0.4 is 14.8 Å². The maximum absolute atomic E-state index is 12.3. The van der Waals surface area contributed by atoms with Crippen LogP contribution in [0.5, 0.6) is 5.75 Å². The van der Waals surface area contributed by atoms with Crippen LogP contribution in [0.2, 0.25) is 0 Å². The monoisotopic (exact) mass is 331 g/mol. The van der Waals surface area contributed by atoms with E-state index in [0.29, 0.717) is 18.0 Å². The van der Waals surface area contributed by atoms with Gasteiger partial charge in [0.05, 0.1) is 18.7 Å². The summed E-state index contributed by atoms with van der Waals surface area (Å²) >= 11 is 0. The Balaban J connectivity index is 0.00000220. The lowest BCUT2D eigenvalue weighted by Crippen LogP contribution is -2.30. The molecule has 1 saturated heterocycles. The summed E-state index contributed by atoms with van der Waals surface area (Å²) in [5.41, 5.74) is 0.362. The van der Waals surface area contributed by atoms with E-state index in [1.54, 1.807) is 0 Å². The van der Waals surface area contributed by atoms with Gasteiger partial charge in [-0.3, -0.25) is 0 Å². The van der Waals surface area contributed by atoms with Crippen LogP contribution in [-0.4, -0.2) is 35.2 Å². The molecule has 0 aliphatic carbocycles. The molecule has 21 heavy (non-hydrogen) atoms. The Morgan fingerprint density at radius 3 is 2.86 bits per heavy atom. The van der Waals surface area contributed by atoms with E-state index in [1.165, 1.54) is 25.3 Å². The summed E-state index contributed by atoms with van der Waals surface area (Å²) in [7, 11) is -2.24. The van der Waals surface area contributed by atoms with Crippen molar-refractivity contribution < 1.29 is 13.2 Å². The summed E-state index contributed by atoms with van der Waals surface area (Å²) in [6.45, 7) is 2.15. The number of halogens is 1. The fourth-order valence-corrected chi connectivity index (χ4v) is 3.42. The summed E-state index contributed by atoms with van der Waals surface area (Å²) in [5, 5.41) is 12.0. The number of nitrogens with one attached hydrogen (secondary N) is 2. The maximum atomic E-state index is 12.3. The average Bonchev–Trinajstić information content (AvgIpc) is 2.97. The number of sulfonamides is 1. The van der Waals surface area contributed by atoms with Crippen molar-refractivity contribution in [2.45, 2.75) is 11.3 Å². The van der Waals surface area contributed by atoms with Gasteiger partial charge >= 0.3 is 0 Å². The summed E-state index contributed by atoms with van der Waals surface area (Å²) in [5.74, 6) is 0.496. The minimum absolute atomic E-state index is 0. The van der Waals surface area contributed by atoms with E-state index in [1.807, 2.05) is 6.07 Å². The van der Waals surface area contributed by atoms with Crippen LogP contribution in [0.15, 0.2) is 23.1 Å². The van der Waals surface area contributed by atoms with Gasteiger partial charge in [0.25, 0.3) is 0 Å². The fourth-order valence-electron chi connectivity index (χ4n) is 2.15. The molecule has 1 fully saturated rings. The first-order valence-electron chi connectivity index (χ1n) is 6.35.